The van der Waals surface area contributed by atoms with Crippen molar-refractivity contribution in [2.45, 2.75) is 13.5 Å². The number of hydrogen-bond donors (Lipinski definition) is 0. The van der Waals surface area contributed by atoms with E-state index in [9.17, 15) is 4.79 Å². The van der Waals surface area contributed by atoms with E-state index in [-0.39, 0.29) is 12.4 Å². The first-order valence-corrected chi connectivity index (χ1v) is 7.24. The molecule has 1 aromatic carbocycles. The molecule has 0 saturated carbocycles. The number of benzene rings is 1. The van der Waals surface area contributed by atoms with Crippen LogP contribution in [0, 0.1) is 6.92 Å². The Balaban J connectivity index is 1.71. The molecule has 2 aromatic rings. The Labute approximate surface area is 129 Å². The van der Waals surface area contributed by atoms with E-state index in [1.807, 2.05) is 6.07 Å². The average molecular weight is 353 g/mol. The van der Waals surface area contributed by atoms with Crippen LogP contribution in [0.1, 0.15) is 21.9 Å². The van der Waals surface area contributed by atoms with Crippen molar-refractivity contribution in [1.82, 2.24) is 0 Å². The lowest BCUT2D eigenvalue weighted by Gasteiger charge is -2.19. The van der Waals surface area contributed by atoms with Gasteiger partial charge in [-0.3, -0.25) is 0 Å². The Morgan fingerprint density at radius 2 is 1.95 bits per heavy atom. The van der Waals surface area contributed by atoms with Gasteiger partial charge in [-0.15, -0.1) is 0 Å². The number of rotatable bonds is 3. The summed E-state index contributed by atoms with van der Waals surface area (Å²) in [6, 6.07) is 6.93. The Bertz CT molecular complexity index is 677. The summed E-state index contributed by atoms with van der Waals surface area (Å²) < 4.78 is 22.3. The summed E-state index contributed by atoms with van der Waals surface area (Å²) in [7, 11) is 0. The van der Waals surface area contributed by atoms with Gasteiger partial charge >= 0.3 is 5.97 Å². The molecule has 3 rings (SSSR count). The largest absolute Gasteiger partial charge is 0.486 e. The van der Waals surface area contributed by atoms with E-state index in [0.29, 0.717) is 30.5 Å². The topological polar surface area (TPSA) is 57.9 Å². The highest BCUT2D eigenvalue weighted by atomic mass is 79.9. The highest BCUT2D eigenvalue weighted by Gasteiger charge is 2.17. The van der Waals surface area contributed by atoms with Crippen LogP contribution in [0.2, 0.25) is 0 Å². The number of fused-ring (bicyclic) bond motifs is 1. The van der Waals surface area contributed by atoms with Crippen molar-refractivity contribution in [1.29, 1.82) is 0 Å². The normalized spacial score (nSPS) is 13.0. The maximum Gasteiger partial charge on any atom is 0.374 e. The molecule has 0 unspecified atom stereocenters. The zero-order valence-corrected chi connectivity index (χ0v) is 12.9. The molecule has 0 amide bonds. The van der Waals surface area contributed by atoms with Gasteiger partial charge < -0.3 is 18.6 Å². The van der Waals surface area contributed by atoms with Crippen LogP contribution >= 0.6 is 15.9 Å². The van der Waals surface area contributed by atoms with Crippen LogP contribution in [0.3, 0.4) is 0 Å². The van der Waals surface area contributed by atoms with E-state index < -0.39 is 5.97 Å². The molecule has 0 atom stereocenters. The maximum atomic E-state index is 11.8. The molecule has 2 heterocycles. The second-order valence-corrected chi connectivity index (χ2v) is 5.43. The minimum absolute atomic E-state index is 0.121. The summed E-state index contributed by atoms with van der Waals surface area (Å²) in [4.78, 5) is 11.8. The van der Waals surface area contributed by atoms with Crippen molar-refractivity contribution in [3.63, 3.8) is 0 Å². The van der Waals surface area contributed by atoms with Crippen molar-refractivity contribution in [2.75, 3.05) is 13.2 Å². The van der Waals surface area contributed by atoms with Crippen LogP contribution in [-0.4, -0.2) is 19.2 Å². The molecule has 0 spiro atoms. The third-order valence-electron chi connectivity index (χ3n) is 3.01. The number of ether oxygens (including phenoxy) is 3. The molecule has 5 nitrogen and oxygen atoms in total. The average Bonchev–Trinajstić information content (AvgIpc) is 2.91. The zero-order valence-electron chi connectivity index (χ0n) is 11.3. The molecule has 1 aromatic heterocycles. The number of carbonyl (C=O) groups excluding carboxylic acids is 1. The van der Waals surface area contributed by atoms with Gasteiger partial charge in [0.05, 0.1) is 0 Å². The number of halogens is 1. The summed E-state index contributed by atoms with van der Waals surface area (Å²) in [5.74, 6) is 1.71. The lowest BCUT2D eigenvalue weighted by atomic mass is 10.2. The van der Waals surface area contributed by atoms with Gasteiger partial charge in [-0.05, 0) is 31.2 Å². The van der Waals surface area contributed by atoms with Crippen LogP contribution in [0.4, 0.5) is 0 Å². The lowest BCUT2D eigenvalue weighted by molar-refractivity contribution is 0.0433. The van der Waals surface area contributed by atoms with Gasteiger partial charge in [0.15, 0.2) is 11.5 Å². The summed E-state index contributed by atoms with van der Waals surface area (Å²) in [5, 5.41) is 0. The van der Waals surface area contributed by atoms with Gasteiger partial charge in [0, 0.05) is 10.0 Å². The van der Waals surface area contributed by atoms with Crippen LogP contribution in [0.15, 0.2) is 33.2 Å². The molecule has 1 aliphatic heterocycles. The first-order valence-electron chi connectivity index (χ1n) is 6.45. The van der Waals surface area contributed by atoms with Gasteiger partial charge in [0.1, 0.15) is 25.6 Å². The molecule has 0 fully saturated rings. The SMILES string of the molecule is Cc1ccc(C(=O)OCc2cc3c(cc2Br)OCCO3)o1. The Kier molecular flexibility index (Phi) is 3.88. The van der Waals surface area contributed by atoms with E-state index >= 15 is 0 Å². The molecule has 0 bridgehead atoms. The fourth-order valence-corrected chi connectivity index (χ4v) is 2.41. The summed E-state index contributed by atoms with van der Waals surface area (Å²) >= 11 is 3.44. The molecular weight excluding hydrogens is 340 g/mol. The molecule has 0 aliphatic carbocycles. The molecule has 0 radical (unpaired) electrons. The highest BCUT2D eigenvalue weighted by molar-refractivity contribution is 9.10. The monoisotopic (exact) mass is 352 g/mol. The third-order valence-corrected chi connectivity index (χ3v) is 3.75. The van der Waals surface area contributed by atoms with E-state index in [2.05, 4.69) is 15.9 Å². The predicted molar refractivity (Wildman–Crippen MR) is 77.7 cm³/mol. The first kappa shape index (κ1) is 14.0. The van der Waals surface area contributed by atoms with Crippen LogP contribution < -0.4 is 9.47 Å². The number of esters is 1. The number of aryl methyl sites for hydroxylation is 1. The van der Waals surface area contributed by atoms with Gasteiger partial charge in [0.2, 0.25) is 5.76 Å². The molecule has 1 aliphatic rings. The third kappa shape index (κ3) is 3.05. The van der Waals surface area contributed by atoms with Gasteiger partial charge in [-0.1, -0.05) is 15.9 Å². The molecule has 0 N–H and O–H groups in total. The van der Waals surface area contributed by atoms with Gasteiger partial charge in [-0.2, -0.15) is 0 Å². The summed E-state index contributed by atoms with van der Waals surface area (Å²) in [6.07, 6.45) is 0. The Morgan fingerprint density at radius 3 is 2.62 bits per heavy atom. The second-order valence-electron chi connectivity index (χ2n) is 4.57. The van der Waals surface area contributed by atoms with Crippen LogP contribution in [-0.2, 0) is 11.3 Å². The van der Waals surface area contributed by atoms with E-state index in [0.717, 1.165) is 10.0 Å². The smallest absolute Gasteiger partial charge is 0.374 e. The Hall–Kier alpha value is -1.95. The fourth-order valence-electron chi connectivity index (χ4n) is 1.98. The van der Waals surface area contributed by atoms with Gasteiger partial charge in [0.25, 0.3) is 0 Å². The number of hydrogen-bond acceptors (Lipinski definition) is 5. The van der Waals surface area contributed by atoms with Gasteiger partial charge in [-0.25, -0.2) is 4.79 Å². The zero-order chi connectivity index (χ0) is 14.8. The minimum Gasteiger partial charge on any atom is -0.486 e. The molecule has 110 valence electrons. The molecule has 0 saturated heterocycles. The second kappa shape index (κ2) is 5.81. The van der Waals surface area contributed by atoms with Crippen molar-refractivity contribution in [3.05, 3.63) is 45.8 Å². The number of carbonyl (C=O) groups is 1. The van der Waals surface area contributed by atoms with Crippen molar-refractivity contribution in [3.8, 4) is 11.5 Å². The molecular formula is C15H13BrO5. The van der Waals surface area contributed by atoms with Crippen molar-refractivity contribution >= 4 is 21.9 Å². The highest BCUT2D eigenvalue weighted by Crippen LogP contribution is 2.35. The predicted octanol–water partition coefficient (Wildman–Crippen LogP) is 3.48. The summed E-state index contributed by atoms with van der Waals surface area (Å²) in [6.45, 7) is 2.94. The van der Waals surface area contributed by atoms with E-state index in [1.54, 1.807) is 25.1 Å². The molecule has 6 heteroatoms. The Morgan fingerprint density at radius 1 is 1.24 bits per heavy atom. The number of furan rings is 1. The lowest BCUT2D eigenvalue weighted by Crippen LogP contribution is -2.15. The van der Waals surface area contributed by atoms with Crippen LogP contribution in [0.25, 0.3) is 0 Å². The van der Waals surface area contributed by atoms with Crippen LogP contribution in [0.5, 0.6) is 11.5 Å². The minimum atomic E-state index is -0.495. The maximum absolute atomic E-state index is 11.8. The molecule has 21 heavy (non-hydrogen) atoms. The van der Waals surface area contributed by atoms with E-state index in [1.165, 1.54) is 0 Å². The first-order chi connectivity index (χ1) is 10.1. The standard InChI is InChI=1S/C15H13BrO5/c1-9-2-3-12(21-9)15(17)20-8-10-6-13-14(7-11(10)16)19-5-4-18-13/h2-3,6-7H,4-5,8H2,1H3. The summed E-state index contributed by atoms with van der Waals surface area (Å²) in [5.41, 5.74) is 0.802. The fraction of sp³-hybridized carbons (Fsp3) is 0.267. The van der Waals surface area contributed by atoms with E-state index in [4.69, 9.17) is 18.6 Å². The quantitative estimate of drug-likeness (QED) is 0.791. The van der Waals surface area contributed by atoms with Crippen molar-refractivity contribution in [2.24, 2.45) is 0 Å². The van der Waals surface area contributed by atoms with Crippen molar-refractivity contribution < 1.29 is 23.4 Å².